The second-order valence-corrected chi connectivity index (χ2v) is 4.03. The molecular formula is C11H18N2O. The van der Waals surface area contributed by atoms with Crippen LogP contribution in [-0.4, -0.2) is 18.5 Å². The number of rotatable bonds is 2. The van der Waals surface area contributed by atoms with Crippen LogP contribution in [0.4, 0.5) is 0 Å². The van der Waals surface area contributed by atoms with Crippen LogP contribution in [0.1, 0.15) is 33.1 Å². The standard InChI is InChI=1S/C11H18N2O/c1-3-4-8-13-10(14)11(2)7-5-6-9(11)12/h9H,5-8,12H2,1-2H3,(H,13,14). The fourth-order valence-electron chi connectivity index (χ4n) is 1.89. The number of nitrogens with one attached hydrogen (secondary N) is 1. The molecular weight excluding hydrogens is 176 g/mol. The first-order valence-electron chi connectivity index (χ1n) is 5.05. The first-order valence-corrected chi connectivity index (χ1v) is 5.05. The number of hydrogen-bond acceptors (Lipinski definition) is 2. The maximum atomic E-state index is 11.8. The minimum absolute atomic E-state index is 0.00270. The van der Waals surface area contributed by atoms with Gasteiger partial charge >= 0.3 is 0 Å². The fourth-order valence-corrected chi connectivity index (χ4v) is 1.89. The van der Waals surface area contributed by atoms with Gasteiger partial charge in [-0.3, -0.25) is 4.79 Å². The molecule has 0 bridgehead atoms. The number of hydrogen-bond donors (Lipinski definition) is 2. The van der Waals surface area contributed by atoms with Gasteiger partial charge in [-0.25, -0.2) is 0 Å². The molecule has 0 aromatic rings. The van der Waals surface area contributed by atoms with E-state index in [-0.39, 0.29) is 17.4 Å². The first-order chi connectivity index (χ1) is 6.61. The van der Waals surface area contributed by atoms with Crippen LogP contribution in [-0.2, 0) is 4.79 Å². The SMILES string of the molecule is CC#CCNC(=O)C1(C)CCCC1N. The fraction of sp³-hybridized carbons (Fsp3) is 0.727. The van der Waals surface area contributed by atoms with Gasteiger partial charge in [0.25, 0.3) is 0 Å². The summed E-state index contributed by atoms with van der Waals surface area (Å²) in [7, 11) is 0. The highest BCUT2D eigenvalue weighted by Gasteiger charge is 2.42. The summed E-state index contributed by atoms with van der Waals surface area (Å²) in [6, 6.07) is -0.00270. The highest BCUT2D eigenvalue weighted by molar-refractivity contribution is 5.83. The zero-order chi connectivity index (χ0) is 10.6. The summed E-state index contributed by atoms with van der Waals surface area (Å²) >= 11 is 0. The van der Waals surface area contributed by atoms with Gasteiger partial charge in [-0.2, -0.15) is 0 Å². The van der Waals surface area contributed by atoms with Crippen molar-refractivity contribution >= 4 is 5.91 Å². The number of carbonyl (C=O) groups excluding carboxylic acids is 1. The van der Waals surface area contributed by atoms with E-state index in [4.69, 9.17) is 5.73 Å². The van der Waals surface area contributed by atoms with Gasteiger partial charge in [0.1, 0.15) is 0 Å². The Bertz CT molecular complexity index is 277. The van der Waals surface area contributed by atoms with E-state index in [1.165, 1.54) is 0 Å². The molecule has 3 heteroatoms. The summed E-state index contributed by atoms with van der Waals surface area (Å²) in [5, 5.41) is 2.80. The van der Waals surface area contributed by atoms with Crippen molar-refractivity contribution in [1.29, 1.82) is 0 Å². The molecule has 14 heavy (non-hydrogen) atoms. The molecule has 0 aromatic heterocycles. The smallest absolute Gasteiger partial charge is 0.228 e. The third-order valence-corrected chi connectivity index (χ3v) is 3.06. The van der Waals surface area contributed by atoms with Crippen molar-refractivity contribution in [1.82, 2.24) is 5.32 Å². The summed E-state index contributed by atoms with van der Waals surface area (Å²) in [6.07, 6.45) is 2.88. The highest BCUT2D eigenvalue weighted by atomic mass is 16.2. The Balaban J connectivity index is 2.53. The Kier molecular flexibility index (Phi) is 3.54. The van der Waals surface area contributed by atoms with Gasteiger partial charge < -0.3 is 11.1 Å². The lowest BCUT2D eigenvalue weighted by atomic mass is 9.84. The lowest BCUT2D eigenvalue weighted by molar-refractivity contribution is -0.130. The normalized spacial score (nSPS) is 30.6. The molecule has 1 saturated carbocycles. The molecule has 78 valence electrons. The van der Waals surface area contributed by atoms with Gasteiger partial charge in [0.05, 0.1) is 12.0 Å². The molecule has 1 aliphatic rings. The van der Waals surface area contributed by atoms with Crippen molar-refractivity contribution in [3.8, 4) is 11.8 Å². The van der Waals surface area contributed by atoms with E-state index in [9.17, 15) is 4.79 Å². The molecule has 0 saturated heterocycles. The maximum absolute atomic E-state index is 11.8. The van der Waals surface area contributed by atoms with E-state index in [0.29, 0.717) is 6.54 Å². The van der Waals surface area contributed by atoms with Crippen LogP contribution in [0.5, 0.6) is 0 Å². The van der Waals surface area contributed by atoms with Crippen molar-refractivity contribution in [2.45, 2.75) is 39.2 Å². The number of carbonyl (C=O) groups is 1. The van der Waals surface area contributed by atoms with E-state index in [1.807, 2.05) is 6.92 Å². The molecule has 3 N–H and O–H groups in total. The van der Waals surface area contributed by atoms with Gasteiger partial charge in [0.15, 0.2) is 0 Å². The topological polar surface area (TPSA) is 55.1 Å². The van der Waals surface area contributed by atoms with Gasteiger partial charge in [-0.15, -0.1) is 5.92 Å². The van der Waals surface area contributed by atoms with E-state index in [0.717, 1.165) is 19.3 Å². The predicted molar refractivity (Wildman–Crippen MR) is 56.4 cm³/mol. The number of amides is 1. The van der Waals surface area contributed by atoms with Crippen molar-refractivity contribution in [2.75, 3.05) is 6.54 Å². The average molecular weight is 194 g/mol. The Labute approximate surface area is 85.4 Å². The van der Waals surface area contributed by atoms with Gasteiger partial charge in [0, 0.05) is 6.04 Å². The van der Waals surface area contributed by atoms with Gasteiger partial charge in [0.2, 0.25) is 5.91 Å². The molecule has 0 aliphatic heterocycles. The molecule has 3 nitrogen and oxygen atoms in total. The second-order valence-electron chi connectivity index (χ2n) is 4.03. The molecule has 0 spiro atoms. The second kappa shape index (κ2) is 4.47. The van der Waals surface area contributed by atoms with E-state index < -0.39 is 0 Å². The summed E-state index contributed by atoms with van der Waals surface area (Å²) in [6.45, 7) is 4.13. The largest absolute Gasteiger partial charge is 0.345 e. The third-order valence-electron chi connectivity index (χ3n) is 3.06. The summed E-state index contributed by atoms with van der Waals surface area (Å²) in [5.41, 5.74) is 5.54. The molecule has 1 fully saturated rings. The molecule has 0 aromatic carbocycles. The first kappa shape index (κ1) is 11.1. The summed E-state index contributed by atoms with van der Waals surface area (Å²) in [4.78, 5) is 11.8. The van der Waals surface area contributed by atoms with Crippen LogP contribution in [0.25, 0.3) is 0 Å². The predicted octanol–water partition coefficient (Wildman–Crippen LogP) is 0.643. The Morgan fingerprint density at radius 2 is 2.43 bits per heavy atom. The molecule has 0 radical (unpaired) electrons. The van der Waals surface area contributed by atoms with Crippen molar-refractivity contribution < 1.29 is 4.79 Å². The lowest BCUT2D eigenvalue weighted by Crippen LogP contribution is -2.47. The average Bonchev–Trinajstić information content (AvgIpc) is 2.49. The van der Waals surface area contributed by atoms with Crippen LogP contribution in [0.15, 0.2) is 0 Å². The maximum Gasteiger partial charge on any atom is 0.228 e. The minimum Gasteiger partial charge on any atom is -0.345 e. The number of nitrogens with two attached hydrogens (primary N) is 1. The Hall–Kier alpha value is -1.01. The molecule has 1 rings (SSSR count). The Morgan fingerprint density at radius 1 is 1.71 bits per heavy atom. The van der Waals surface area contributed by atoms with Crippen LogP contribution in [0, 0.1) is 17.3 Å². The van der Waals surface area contributed by atoms with Gasteiger partial charge in [-0.05, 0) is 26.7 Å². The quantitative estimate of drug-likeness (QED) is 0.634. The lowest BCUT2D eigenvalue weighted by Gasteiger charge is -2.26. The molecule has 2 unspecified atom stereocenters. The van der Waals surface area contributed by atoms with Crippen LogP contribution in [0.2, 0.25) is 0 Å². The van der Waals surface area contributed by atoms with Crippen molar-refractivity contribution in [3.05, 3.63) is 0 Å². The Morgan fingerprint density at radius 3 is 2.93 bits per heavy atom. The molecule has 1 amide bonds. The van der Waals surface area contributed by atoms with E-state index in [2.05, 4.69) is 17.2 Å². The minimum atomic E-state index is -0.380. The monoisotopic (exact) mass is 194 g/mol. The molecule has 2 atom stereocenters. The van der Waals surface area contributed by atoms with Crippen LogP contribution >= 0.6 is 0 Å². The zero-order valence-electron chi connectivity index (χ0n) is 8.89. The summed E-state index contributed by atoms with van der Waals surface area (Å²) < 4.78 is 0. The highest BCUT2D eigenvalue weighted by Crippen LogP contribution is 2.36. The van der Waals surface area contributed by atoms with Crippen molar-refractivity contribution in [2.24, 2.45) is 11.1 Å². The van der Waals surface area contributed by atoms with Crippen molar-refractivity contribution in [3.63, 3.8) is 0 Å². The third kappa shape index (κ3) is 2.08. The van der Waals surface area contributed by atoms with E-state index >= 15 is 0 Å². The van der Waals surface area contributed by atoms with Crippen LogP contribution < -0.4 is 11.1 Å². The zero-order valence-corrected chi connectivity index (χ0v) is 8.89. The molecule has 1 aliphatic carbocycles. The van der Waals surface area contributed by atoms with Crippen LogP contribution in [0.3, 0.4) is 0 Å². The van der Waals surface area contributed by atoms with E-state index in [1.54, 1.807) is 6.92 Å². The summed E-state index contributed by atoms with van der Waals surface area (Å²) in [5.74, 6) is 5.60. The molecule has 0 heterocycles. The van der Waals surface area contributed by atoms with Gasteiger partial charge in [-0.1, -0.05) is 12.3 Å².